The summed E-state index contributed by atoms with van der Waals surface area (Å²) in [7, 11) is -2.81. The van der Waals surface area contributed by atoms with Crippen LogP contribution in [0, 0.1) is 28.6 Å². The van der Waals surface area contributed by atoms with Crippen molar-refractivity contribution in [2.75, 3.05) is 0 Å². The molecule has 0 aliphatic carbocycles. The number of rotatable bonds is 2. The molecule has 2 nitrogen and oxygen atoms in total. The summed E-state index contributed by atoms with van der Waals surface area (Å²) in [4.78, 5) is 0. The monoisotopic (exact) mass is 170 g/mol. The van der Waals surface area contributed by atoms with Crippen LogP contribution in [-0.4, -0.2) is 8.41 Å². The number of nitriles is 2. The first-order chi connectivity index (χ1) is 4.93. The number of hydrogen-bond acceptors (Lipinski definition) is 2. The van der Waals surface area contributed by atoms with Crippen molar-refractivity contribution in [3.8, 4) is 12.1 Å². The molecule has 60 valence electrons. The lowest BCUT2D eigenvalue weighted by Gasteiger charge is -2.20. The molecule has 0 aromatic carbocycles. The lowest BCUT2D eigenvalue weighted by atomic mass is 10.1. The molecule has 0 spiro atoms. The lowest BCUT2D eigenvalue weighted by Crippen LogP contribution is -2.29. The number of hydrogen-bond donors (Lipinski definition) is 0. The van der Waals surface area contributed by atoms with Gasteiger partial charge in [0.15, 0.2) is 0 Å². The minimum Gasteiger partial charge on any atom is -0.314 e. The van der Waals surface area contributed by atoms with Crippen LogP contribution in [0.15, 0.2) is 0 Å². The topological polar surface area (TPSA) is 47.6 Å². The Hall–Kier alpha value is -0.873. The predicted molar refractivity (Wildman–Crippen MR) is 42.7 cm³/mol. The fourth-order valence-corrected chi connectivity index (χ4v) is 1.59. The second-order valence-electron chi connectivity index (χ2n) is 3.09. The zero-order chi connectivity index (χ0) is 9.07. The molecular weight excluding hydrogens is 159 g/mol. The Morgan fingerprint density at radius 3 is 1.73 bits per heavy atom. The van der Waals surface area contributed by atoms with Crippen molar-refractivity contribution in [1.82, 2.24) is 0 Å². The quantitative estimate of drug-likeness (QED) is 0.471. The summed E-state index contributed by atoms with van der Waals surface area (Å²) in [5, 5.41) is 16.9. The van der Waals surface area contributed by atoms with Gasteiger partial charge in [-0.1, -0.05) is 6.92 Å². The third-order valence-corrected chi connectivity index (χ3v) is 4.36. The van der Waals surface area contributed by atoms with Gasteiger partial charge in [0.05, 0.1) is 12.1 Å². The van der Waals surface area contributed by atoms with Crippen molar-refractivity contribution in [2.45, 2.75) is 25.6 Å². The third-order valence-electron chi connectivity index (χ3n) is 1.86. The fourth-order valence-electron chi connectivity index (χ4n) is 0.649. The van der Waals surface area contributed by atoms with Gasteiger partial charge in [-0.2, -0.15) is 10.5 Å². The van der Waals surface area contributed by atoms with Crippen LogP contribution in [0.1, 0.15) is 6.92 Å². The van der Waals surface area contributed by atoms with Gasteiger partial charge in [0.2, 0.25) is 8.41 Å². The van der Waals surface area contributed by atoms with Crippen LogP contribution in [0.2, 0.25) is 18.6 Å². The Morgan fingerprint density at radius 2 is 1.64 bits per heavy atom. The van der Waals surface area contributed by atoms with Crippen molar-refractivity contribution in [3.05, 3.63) is 0 Å². The van der Waals surface area contributed by atoms with Crippen molar-refractivity contribution in [3.63, 3.8) is 0 Å². The Kier molecular flexibility index (Phi) is 3.22. The molecule has 0 saturated carbocycles. The van der Waals surface area contributed by atoms with Crippen LogP contribution in [0.5, 0.6) is 0 Å². The van der Waals surface area contributed by atoms with E-state index in [1.165, 1.54) is 13.1 Å². The predicted octanol–water partition coefficient (Wildman–Crippen LogP) is 2.21. The van der Waals surface area contributed by atoms with Gasteiger partial charge >= 0.3 is 0 Å². The molecule has 0 aromatic heterocycles. The van der Waals surface area contributed by atoms with E-state index in [0.717, 1.165) is 0 Å². The molecule has 0 heterocycles. The molecule has 4 heteroatoms. The summed E-state index contributed by atoms with van der Waals surface area (Å²) < 4.78 is 13.2. The first-order valence-corrected chi connectivity index (χ1v) is 6.37. The van der Waals surface area contributed by atoms with Crippen molar-refractivity contribution < 1.29 is 4.11 Å². The molecule has 0 aliphatic rings. The van der Waals surface area contributed by atoms with Gasteiger partial charge in [0.25, 0.3) is 0 Å². The third kappa shape index (κ3) is 2.69. The largest absolute Gasteiger partial charge is 0.314 e. The van der Waals surface area contributed by atoms with E-state index in [0.29, 0.717) is 0 Å². The summed E-state index contributed by atoms with van der Waals surface area (Å²) >= 11 is 0. The Bertz CT molecular complexity index is 194. The molecule has 0 aliphatic heterocycles. The minimum atomic E-state index is -2.81. The highest BCUT2D eigenvalue weighted by Gasteiger charge is 2.35. The molecule has 1 atom stereocenters. The van der Waals surface area contributed by atoms with Gasteiger partial charge in [0.1, 0.15) is 5.92 Å². The van der Waals surface area contributed by atoms with E-state index in [9.17, 15) is 4.11 Å². The SMILES string of the molecule is CC(C(C#N)C#N)[Si](C)(C)F. The van der Waals surface area contributed by atoms with Crippen molar-refractivity contribution >= 4 is 8.41 Å². The highest BCUT2D eigenvalue weighted by Crippen LogP contribution is 2.29. The normalized spacial score (nSPS) is 13.7. The molecule has 0 radical (unpaired) electrons. The summed E-state index contributed by atoms with van der Waals surface area (Å²) in [6, 6.07) is 3.58. The standard InChI is InChI=1S/C7H11FN2Si/c1-6(11(2,3)8)7(4-9)5-10/h6-7H,1-3H3. The molecule has 0 fully saturated rings. The summed E-state index contributed by atoms with van der Waals surface area (Å²) in [6.07, 6.45) is 0. The van der Waals surface area contributed by atoms with Crippen LogP contribution >= 0.6 is 0 Å². The van der Waals surface area contributed by atoms with Gasteiger partial charge < -0.3 is 4.11 Å². The van der Waals surface area contributed by atoms with E-state index < -0.39 is 19.9 Å². The molecule has 0 bridgehead atoms. The van der Waals surface area contributed by atoms with Crippen LogP contribution in [0.3, 0.4) is 0 Å². The molecular formula is C7H11FN2Si. The average molecular weight is 170 g/mol. The van der Waals surface area contributed by atoms with E-state index in [4.69, 9.17) is 10.5 Å². The Balaban J connectivity index is 4.40. The van der Waals surface area contributed by atoms with Gasteiger partial charge in [-0.3, -0.25) is 0 Å². The summed E-state index contributed by atoms with van der Waals surface area (Å²) in [5.74, 6) is -0.790. The second-order valence-corrected chi connectivity index (χ2v) is 7.13. The number of nitrogens with zero attached hydrogens (tertiary/aromatic N) is 2. The van der Waals surface area contributed by atoms with E-state index in [1.807, 2.05) is 0 Å². The molecule has 1 unspecified atom stereocenters. The first-order valence-electron chi connectivity index (χ1n) is 3.41. The summed E-state index contributed by atoms with van der Waals surface area (Å²) in [5.41, 5.74) is -0.405. The van der Waals surface area contributed by atoms with Gasteiger partial charge in [-0.05, 0) is 13.1 Å². The van der Waals surface area contributed by atoms with E-state index in [2.05, 4.69) is 0 Å². The first kappa shape index (κ1) is 10.1. The number of halogens is 1. The van der Waals surface area contributed by atoms with Crippen LogP contribution in [0.25, 0.3) is 0 Å². The highest BCUT2D eigenvalue weighted by atomic mass is 28.4. The molecule has 0 rings (SSSR count). The average Bonchev–Trinajstić information content (AvgIpc) is 1.88. The minimum absolute atomic E-state index is 0.405. The molecule has 0 amide bonds. The smallest absolute Gasteiger partial charge is 0.246 e. The highest BCUT2D eigenvalue weighted by molar-refractivity contribution is 6.72. The maximum absolute atomic E-state index is 13.2. The zero-order valence-corrected chi connectivity index (χ0v) is 7.93. The van der Waals surface area contributed by atoms with Gasteiger partial charge in [0, 0.05) is 5.54 Å². The van der Waals surface area contributed by atoms with E-state index in [1.54, 1.807) is 19.1 Å². The van der Waals surface area contributed by atoms with Gasteiger partial charge in [-0.25, -0.2) is 0 Å². The molecule has 0 saturated heterocycles. The second kappa shape index (κ2) is 3.50. The van der Waals surface area contributed by atoms with Crippen LogP contribution < -0.4 is 0 Å². The molecule has 11 heavy (non-hydrogen) atoms. The lowest BCUT2D eigenvalue weighted by molar-refractivity contribution is 0.670. The van der Waals surface area contributed by atoms with E-state index >= 15 is 0 Å². The Labute approximate surface area is 67.4 Å². The maximum atomic E-state index is 13.2. The van der Waals surface area contributed by atoms with Gasteiger partial charge in [-0.15, -0.1) is 0 Å². The fraction of sp³-hybridized carbons (Fsp3) is 0.714. The Morgan fingerprint density at radius 1 is 1.27 bits per heavy atom. The molecule has 0 N–H and O–H groups in total. The summed E-state index contributed by atoms with van der Waals surface area (Å²) in [6.45, 7) is 4.65. The van der Waals surface area contributed by atoms with Crippen LogP contribution in [0.4, 0.5) is 4.11 Å². The zero-order valence-electron chi connectivity index (χ0n) is 6.93. The van der Waals surface area contributed by atoms with E-state index in [-0.39, 0.29) is 0 Å². The van der Waals surface area contributed by atoms with Crippen LogP contribution in [-0.2, 0) is 0 Å². The van der Waals surface area contributed by atoms with Crippen molar-refractivity contribution in [1.29, 1.82) is 10.5 Å². The maximum Gasteiger partial charge on any atom is 0.246 e. The molecule has 0 aromatic rings. The van der Waals surface area contributed by atoms with Crippen molar-refractivity contribution in [2.24, 2.45) is 5.92 Å².